The SMILES string of the molecule is Cc1cc(F)ccc1-n1ccc(C(=O)NCC2(C(=O)O)CC2)n1. The lowest BCUT2D eigenvalue weighted by Crippen LogP contribution is -2.34. The van der Waals surface area contributed by atoms with Crippen LogP contribution in [0, 0.1) is 18.2 Å². The third kappa shape index (κ3) is 2.94. The minimum atomic E-state index is -0.884. The zero-order chi connectivity index (χ0) is 16.6. The molecular weight excluding hydrogens is 301 g/mol. The third-order valence-corrected chi connectivity index (χ3v) is 4.12. The van der Waals surface area contributed by atoms with Crippen LogP contribution in [0.5, 0.6) is 0 Å². The zero-order valence-electron chi connectivity index (χ0n) is 12.5. The number of rotatable bonds is 5. The van der Waals surface area contributed by atoms with Crippen molar-refractivity contribution in [1.29, 1.82) is 0 Å². The number of aliphatic carboxylic acids is 1. The van der Waals surface area contributed by atoms with Crippen LogP contribution in [0.3, 0.4) is 0 Å². The average molecular weight is 317 g/mol. The van der Waals surface area contributed by atoms with Gasteiger partial charge in [-0.3, -0.25) is 9.59 Å². The fourth-order valence-corrected chi connectivity index (χ4v) is 2.41. The highest BCUT2D eigenvalue weighted by Crippen LogP contribution is 2.45. The molecule has 0 atom stereocenters. The lowest BCUT2D eigenvalue weighted by atomic mass is 10.1. The van der Waals surface area contributed by atoms with Gasteiger partial charge in [0.1, 0.15) is 5.82 Å². The van der Waals surface area contributed by atoms with Gasteiger partial charge in [-0.1, -0.05) is 0 Å². The summed E-state index contributed by atoms with van der Waals surface area (Å²) in [5.41, 5.74) is 0.749. The summed E-state index contributed by atoms with van der Waals surface area (Å²) in [6.45, 7) is 1.85. The highest BCUT2D eigenvalue weighted by Gasteiger charge is 2.50. The fraction of sp³-hybridized carbons (Fsp3) is 0.312. The highest BCUT2D eigenvalue weighted by atomic mass is 19.1. The molecule has 1 amide bonds. The lowest BCUT2D eigenvalue weighted by Gasteiger charge is -2.10. The maximum absolute atomic E-state index is 13.1. The molecular formula is C16H16FN3O3. The van der Waals surface area contributed by atoms with Crippen LogP contribution in [0.1, 0.15) is 28.9 Å². The first-order chi connectivity index (χ1) is 10.9. The standard InChI is InChI=1S/C16H16FN3O3/c1-10-8-11(17)2-3-13(10)20-7-4-12(19-20)14(21)18-9-16(5-6-16)15(22)23/h2-4,7-8H,5-6,9H2,1H3,(H,18,21)(H,22,23). The topological polar surface area (TPSA) is 84.2 Å². The second-order valence-electron chi connectivity index (χ2n) is 5.84. The van der Waals surface area contributed by atoms with E-state index in [2.05, 4.69) is 10.4 Å². The molecule has 0 saturated heterocycles. The van der Waals surface area contributed by atoms with E-state index in [-0.39, 0.29) is 18.1 Å². The molecule has 1 aromatic heterocycles. The Kier molecular flexibility index (Phi) is 3.63. The monoisotopic (exact) mass is 317 g/mol. The summed E-state index contributed by atoms with van der Waals surface area (Å²) < 4.78 is 14.6. The molecule has 0 bridgehead atoms. The normalized spacial score (nSPS) is 15.2. The molecule has 0 spiro atoms. The van der Waals surface area contributed by atoms with Gasteiger partial charge in [-0.25, -0.2) is 9.07 Å². The number of carbonyl (C=O) groups excluding carboxylic acids is 1. The molecule has 1 aromatic carbocycles. The Morgan fingerprint density at radius 3 is 2.74 bits per heavy atom. The van der Waals surface area contributed by atoms with Crippen molar-refractivity contribution in [2.45, 2.75) is 19.8 Å². The predicted octanol–water partition coefficient (Wildman–Crippen LogP) is 1.91. The molecule has 1 aliphatic rings. The number of benzene rings is 1. The Labute approximate surface area is 131 Å². The van der Waals surface area contributed by atoms with Gasteiger partial charge in [-0.15, -0.1) is 0 Å². The minimum absolute atomic E-state index is 0.101. The molecule has 2 N–H and O–H groups in total. The van der Waals surface area contributed by atoms with Crippen molar-refractivity contribution in [1.82, 2.24) is 15.1 Å². The molecule has 1 fully saturated rings. The Morgan fingerprint density at radius 1 is 1.39 bits per heavy atom. The van der Waals surface area contributed by atoms with Crippen molar-refractivity contribution >= 4 is 11.9 Å². The number of carbonyl (C=O) groups is 2. The van der Waals surface area contributed by atoms with Crippen LogP contribution in [0.2, 0.25) is 0 Å². The number of hydrogen-bond donors (Lipinski definition) is 2. The Balaban J connectivity index is 1.71. The molecule has 0 unspecified atom stereocenters. The van der Waals surface area contributed by atoms with Gasteiger partial charge in [0, 0.05) is 12.7 Å². The van der Waals surface area contributed by atoms with E-state index >= 15 is 0 Å². The molecule has 0 aliphatic heterocycles. The highest BCUT2D eigenvalue weighted by molar-refractivity contribution is 5.92. The lowest BCUT2D eigenvalue weighted by molar-refractivity contribution is -0.143. The van der Waals surface area contributed by atoms with Crippen LogP contribution in [0.4, 0.5) is 4.39 Å². The fourth-order valence-electron chi connectivity index (χ4n) is 2.41. The second kappa shape index (κ2) is 5.49. The summed E-state index contributed by atoms with van der Waals surface area (Å²) >= 11 is 0. The van der Waals surface area contributed by atoms with E-state index in [0.717, 1.165) is 0 Å². The third-order valence-electron chi connectivity index (χ3n) is 4.12. The molecule has 1 saturated carbocycles. The van der Waals surface area contributed by atoms with Gasteiger partial charge in [0.15, 0.2) is 5.69 Å². The molecule has 6 nitrogen and oxygen atoms in total. The van der Waals surface area contributed by atoms with Gasteiger partial charge >= 0.3 is 5.97 Å². The number of amides is 1. The van der Waals surface area contributed by atoms with Gasteiger partial charge in [-0.2, -0.15) is 5.10 Å². The van der Waals surface area contributed by atoms with Crippen molar-refractivity contribution in [3.63, 3.8) is 0 Å². The van der Waals surface area contributed by atoms with E-state index in [1.807, 2.05) is 0 Å². The smallest absolute Gasteiger partial charge is 0.311 e. The number of carboxylic acids is 1. The second-order valence-corrected chi connectivity index (χ2v) is 5.84. The number of nitrogens with one attached hydrogen (secondary N) is 1. The quantitative estimate of drug-likeness (QED) is 0.882. The van der Waals surface area contributed by atoms with Crippen LogP contribution in [-0.4, -0.2) is 33.3 Å². The molecule has 23 heavy (non-hydrogen) atoms. The summed E-state index contributed by atoms with van der Waals surface area (Å²) in [5, 5.41) is 15.9. The van der Waals surface area contributed by atoms with Crippen molar-refractivity contribution < 1.29 is 19.1 Å². The molecule has 1 aliphatic carbocycles. The molecule has 2 aromatic rings. The predicted molar refractivity (Wildman–Crippen MR) is 79.9 cm³/mol. The van der Waals surface area contributed by atoms with Gasteiger partial charge in [-0.05, 0) is 49.6 Å². The van der Waals surface area contributed by atoms with E-state index in [9.17, 15) is 14.0 Å². The van der Waals surface area contributed by atoms with E-state index in [4.69, 9.17) is 5.11 Å². The first kappa shape index (κ1) is 15.2. The van der Waals surface area contributed by atoms with Gasteiger partial charge in [0.25, 0.3) is 5.91 Å². The van der Waals surface area contributed by atoms with E-state index in [0.29, 0.717) is 24.1 Å². The number of aryl methyl sites for hydroxylation is 1. The Morgan fingerprint density at radius 2 is 2.13 bits per heavy atom. The van der Waals surface area contributed by atoms with Crippen molar-refractivity contribution in [2.75, 3.05) is 6.54 Å². The van der Waals surface area contributed by atoms with Crippen LogP contribution < -0.4 is 5.32 Å². The van der Waals surface area contributed by atoms with Gasteiger partial charge in [0.05, 0.1) is 11.1 Å². The van der Waals surface area contributed by atoms with Crippen LogP contribution in [0.15, 0.2) is 30.5 Å². The van der Waals surface area contributed by atoms with Crippen molar-refractivity contribution in [3.05, 3.63) is 47.5 Å². The van der Waals surface area contributed by atoms with E-state index in [1.54, 1.807) is 25.3 Å². The zero-order valence-corrected chi connectivity index (χ0v) is 12.5. The van der Waals surface area contributed by atoms with Gasteiger partial charge in [0.2, 0.25) is 0 Å². The average Bonchev–Trinajstić information content (AvgIpc) is 3.15. The summed E-state index contributed by atoms with van der Waals surface area (Å²) in [4.78, 5) is 23.2. The number of aromatic nitrogens is 2. The van der Waals surface area contributed by atoms with Crippen molar-refractivity contribution in [3.8, 4) is 5.69 Å². The van der Waals surface area contributed by atoms with Crippen LogP contribution >= 0.6 is 0 Å². The molecule has 120 valence electrons. The van der Waals surface area contributed by atoms with E-state index < -0.39 is 17.3 Å². The number of nitrogens with zero attached hydrogens (tertiary/aromatic N) is 2. The Hall–Kier alpha value is -2.70. The van der Waals surface area contributed by atoms with Crippen LogP contribution in [-0.2, 0) is 4.79 Å². The Bertz CT molecular complexity index is 781. The summed E-state index contributed by atoms with van der Waals surface area (Å²) in [7, 11) is 0. The summed E-state index contributed by atoms with van der Waals surface area (Å²) in [6, 6.07) is 5.84. The van der Waals surface area contributed by atoms with Crippen LogP contribution in [0.25, 0.3) is 5.69 Å². The van der Waals surface area contributed by atoms with Crippen molar-refractivity contribution in [2.24, 2.45) is 5.41 Å². The molecule has 7 heteroatoms. The van der Waals surface area contributed by atoms with E-state index in [1.165, 1.54) is 16.8 Å². The first-order valence-electron chi connectivity index (χ1n) is 7.25. The minimum Gasteiger partial charge on any atom is -0.481 e. The van der Waals surface area contributed by atoms with Gasteiger partial charge < -0.3 is 10.4 Å². The first-order valence-corrected chi connectivity index (χ1v) is 7.25. The summed E-state index contributed by atoms with van der Waals surface area (Å²) in [6.07, 6.45) is 2.76. The largest absolute Gasteiger partial charge is 0.481 e. The number of carboxylic acid groups (broad SMARTS) is 1. The number of hydrogen-bond acceptors (Lipinski definition) is 3. The molecule has 0 radical (unpaired) electrons. The molecule has 3 rings (SSSR count). The maximum atomic E-state index is 13.1. The number of halogens is 1. The summed E-state index contributed by atoms with van der Waals surface area (Å²) in [5.74, 6) is -1.64. The maximum Gasteiger partial charge on any atom is 0.311 e. The molecule has 1 heterocycles.